The van der Waals surface area contributed by atoms with E-state index in [1.54, 1.807) is 11.9 Å². The molecule has 0 bridgehead atoms. The van der Waals surface area contributed by atoms with Crippen LogP contribution in [0.4, 0.5) is 5.69 Å². The smallest absolute Gasteiger partial charge is 0.237 e. The van der Waals surface area contributed by atoms with Gasteiger partial charge in [-0.15, -0.1) is 0 Å². The second-order valence-corrected chi connectivity index (χ2v) is 6.09. The number of rotatable bonds is 2. The average Bonchev–Trinajstić information content (AvgIpc) is 2.66. The fourth-order valence-corrected chi connectivity index (χ4v) is 3.43. The summed E-state index contributed by atoms with van der Waals surface area (Å²) in [6, 6.07) is 7.65. The number of anilines is 1. The van der Waals surface area contributed by atoms with Crippen molar-refractivity contribution in [2.45, 2.75) is 38.0 Å². The van der Waals surface area contributed by atoms with Gasteiger partial charge in [0.1, 0.15) is 0 Å². The first-order valence-electron chi connectivity index (χ1n) is 7.27. The van der Waals surface area contributed by atoms with E-state index in [-0.39, 0.29) is 23.9 Å². The number of para-hydroxylation sites is 1. The van der Waals surface area contributed by atoms with Gasteiger partial charge in [0.25, 0.3) is 0 Å². The van der Waals surface area contributed by atoms with Crippen molar-refractivity contribution in [1.82, 2.24) is 0 Å². The summed E-state index contributed by atoms with van der Waals surface area (Å²) >= 11 is 0. The van der Waals surface area contributed by atoms with Gasteiger partial charge in [-0.1, -0.05) is 18.2 Å². The maximum absolute atomic E-state index is 12.7. The Morgan fingerprint density at radius 2 is 1.95 bits per heavy atom. The molecule has 0 spiro atoms. The van der Waals surface area contributed by atoms with Crippen LogP contribution in [-0.2, 0) is 15.0 Å². The number of benzene rings is 1. The molecule has 1 aliphatic heterocycles. The van der Waals surface area contributed by atoms with E-state index in [1.807, 2.05) is 31.2 Å². The van der Waals surface area contributed by atoms with Crippen molar-refractivity contribution in [1.29, 1.82) is 0 Å². The van der Waals surface area contributed by atoms with E-state index < -0.39 is 5.41 Å². The third-order valence-electron chi connectivity index (χ3n) is 4.67. The molecule has 0 saturated carbocycles. The molecule has 1 atom stereocenters. The molecule has 0 unspecified atom stereocenters. The molecule has 3 rings (SSSR count). The number of carbonyl (C=O) groups is 2. The number of hydrogen-bond donors (Lipinski definition) is 1. The lowest BCUT2D eigenvalue weighted by molar-refractivity contribution is -0.122. The Labute approximate surface area is 124 Å². The lowest BCUT2D eigenvalue weighted by Gasteiger charge is -2.26. The monoisotopic (exact) mass is 285 g/mol. The van der Waals surface area contributed by atoms with Crippen LogP contribution in [-0.4, -0.2) is 23.8 Å². The number of ketones is 1. The van der Waals surface area contributed by atoms with Gasteiger partial charge in [-0.2, -0.15) is 0 Å². The second-order valence-electron chi connectivity index (χ2n) is 6.09. The van der Waals surface area contributed by atoms with E-state index in [0.717, 1.165) is 11.3 Å². The molecule has 1 heterocycles. The third kappa shape index (κ3) is 1.97. The summed E-state index contributed by atoms with van der Waals surface area (Å²) in [5, 5.41) is 10.0. The normalized spacial score (nSPS) is 25.5. The molecule has 110 valence electrons. The zero-order chi connectivity index (χ0) is 15.2. The topological polar surface area (TPSA) is 57.6 Å². The van der Waals surface area contributed by atoms with Crippen LogP contribution in [0.15, 0.2) is 35.6 Å². The number of nitrogens with zero attached hydrogens (tertiary/aromatic N) is 1. The summed E-state index contributed by atoms with van der Waals surface area (Å²) < 4.78 is 0. The lowest BCUT2D eigenvalue weighted by Crippen LogP contribution is -2.37. The highest BCUT2D eigenvalue weighted by atomic mass is 16.3. The first-order valence-corrected chi connectivity index (χ1v) is 7.27. The number of fused-ring (bicyclic) bond motifs is 1. The molecular weight excluding hydrogens is 266 g/mol. The van der Waals surface area contributed by atoms with Crippen LogP contribution in [0.2, 0.25) is 0 Å². The number of amides is 1. The van der Waals surface area contributed by atoms with Gasteiger partial charge in [0, 0.05) is 31.1 Å². The quantitative estimate of drug-likeness (QED) is 0.909. The Kier molecular flexibility index (Phi) is 3.12. The molecule has 1 aromatic carbocycles. The minimum Gasteiger partial charge on any atom is -0.512 e. The second kappa shape index (κ2) is 4.72. The molecule has 1 N–H and O–H groups in total. The van der Waals surface area contributed by atoms with Crippen molar-refractivity contribution in [3.63, 3.8) is 0 Å². The summed E-state index contributed by atoms with van der Waals surface area (Å²) in [4.78, 5) is 26.4. The largest absolute Gasteiger partial charge is 0.512 e. The van der Waals surface area contributed by atoms with Gasteiger partial charge in [-0.25, -0.2) is 0 Å². The van der Waals surface area contributed by atoms with Crippen LogP contribution < -0.4 is 4.90 Å². The fourth-order valence-electron chi connectivity index (χ4n) is 3.43. The molecule has 0 aromatic heterocycles. The number of allylic oxidation sites excluding steroid dienone is 2. The van der Waals surface area contributed by atoms with Crippen LogP contribution >= 0.6 is 0 Å². The number of aliphatic hydroxyl groups excluding tert-OH is 1. The Morgan fingerprint density at radius 1 is 1.24 bits per heavy atom. The van der Waals surface area contributed by atoms with Crippen molar-refractivity contribution >= 4 is 17.4 Å². The first-order chi connectivity index (χ1) is 9.95. The Bertz CT molecular complexity index is 662. The highest BCUT2D eigenvalue weighted by Crippen LogP contribution is 2.45. The van der Waals surface area contributed by atoms with E-state index in [9.17, 15) is 14.7 Å². The average molecular weight is 285 g/mol. The van der Waals surface area contributed by atoms with Gasteiger partial charge in [-0.3, -0.25) is 9.59 Å². The molecule has 2 aliphatic rings. The third-order valence-corrected chi connectivity index (χ3v) is 4.67. The van der Waals surface area contributed by atoms with Crippen LogP contribution in [0.3, 0.4) is 0 Å². The summed E-state index contributed by atoms with van der Waals surface area (Å²) in [6.07, 6.45) is 1.96. The fraction of sp³-hybridized carbons (Fsp3) is 0.412. The van der Waals surface area contributed by atoms with Gasteiger partial charge in [0.2, 0.25) is 5.91 Å². The minimum atomic E-state index is -0.776. The molecule has 4 nitrogen and oxygen atoms in total. The van der Waals surface area contributed by atoms with Crippen LogP contribution in [0.1, 0.15) is 38.2 Å². The standard InChI is InChI=1S/C17H19NO3/c1-17(10-11-14(19)8-5-9-15(11)20)12-6-3-4-7-13(12)18(2)16(17)21/h3-4,6-7,19H,5,8-10H2,1-2H3/t17-/m0/s1. The van der Waals surface area contributed by atoms with E-state index in [4.69, 9.17) is 0 Å². The minimum absolute atomic E-state index is 0.0256. The SMILES string of the molecule is CN1C(=O)[C@@](C)(CC2=C(O)CCCC2=O)c2ccccc21. The molecule has 21 heavy (non-hydrogen) atoms. The van der Waals surface area contributed by atoms with E-state index >= 15 is 0 Å². The lowest BCUT2D eigenvalue weighted by atomic mass is 9.75. The summed E-state index contributed by atoms with van der Waals surface area (Å²) in [6.45, 7) is 1.86. The van der Waals surface area contributed by atoms with Gasteiger partial charge in [0.05, 0.1) is 11.2 Å². The zero-order valence-electron chi connectivity index (χ0n) is 12.3. The van der Waals surface area contributed by atoms with E-state index in [2.05, 4.69) is 0 Å². The highest BCUT2D eigenvalue weighted by molar-refractivity contribution is 6.09. The van der Waals surface area contributed by atoms with Crippen molar-refractivity contribution in [3.8, 4) is 0 Å². The van der Waals surface area contributed by atoms with Crippen molar-refractivity contribution in [2.75, 3.05) is 11.9 Å². The molecule has 0 saturated heterocycles. The number of aliphatic hydroxyl groups is 1. The molecule has 1 aliphatic carbocycles. The maximum atomic E-state index is 12.7. The Balaban J connectivity index is 2.05. The number of likely N-dealkylation sites (N-methyl/N-ethyl adjacent to an activating group) is 1. The summed E-state index contributed by atoms with van der Waals surface area (Å²) in [7, 11) is 1.75. The Morgan fingerprint density at radius 3 is 2.67 bits per heavy atom. The van der Waals surface area contributed by atoms with Gasteiger partial charge < -0.3 is 10.0 Å². The van der Waals surface area contributed by atoms with Gasteiger partial charge in [0.15, 0.2) is 5.78 Å². The van der Waals surface area contributed by atoms with Crippen molar-refractivity contribution in [2.24, 2.45) is 0 Å². The van der Waals surface area contributed by atoms with Gasteiger partial charge >= 0.3 is 0 Å². The van der Waals surface area contributed by atoms with E-state index in [0.29, 0.717) is 24.8 Å². The number of carbonyl (C=O) groups excluding carboxylic acids is 2. The predicted octanol–water partition coefficient (Wildman–Crippen LogP) is 2.88. The zero-order valence-corrected chi connectivity index (χ0v) is 12.3. The summed E-state index contributed by atoms with van der Waals surface area (Å²) in [5.74, 6) is 0.106. The molecule has 4 heteroatoms. The molecular formula is C17H19NO3. The molecule has 0 fully saturated rings. The van der Waals surface area contributed by atoms with Crippen LogP contribution in [0.5, 0.6) is 0 Å². The van der Waals surface area contributed by atoms with Crippen LogP contribution in [0.25, 0.3) is 0 Å². The van der Waals surface area contributed by atoms with Crippen molar-refractivity contribution in [3.05, 3.63) is 41.2 Å². The molecule has 1 aromatic rings. The highest BCUT2D eigenvalue weighted by Gasteiger charge is 2.47. The van der Waals surface area contributed by atoms with Crippen LogP contribution in [0, 0.1) is 0 Å². The molecule has 0 radical (unpaired) electrons. The van der Waals surface area contributed by atoms with Crippen molar-refractivity contribution < 1.29 is 14.7 Å². The first kappa shape index (κ1) is 13.9. The van der Waals surface area contributed by atoms with E-state index in [1.165, 1.54) is 0 Å². The Hall–Kier alpha value is -2.10. The summed E-state index contributed by atoms with van der Waals surface area (Å²) in [5.41, 5.74) is 1.47. The van der Waals surface area contributed by atoms with Gasteiger partial charge in [-0.05, 0) is 31.4 Å². The number of hydrogen-bond acceptors (Lipinski definition) is 3. The maximum Gasteiger partial charge on any atom is 0.237 e. The molecule has 1 amide bonds. The number of Topliss-reactive ketones (excluding diaryl/α,β-unsaturated/α-hetero) is 1. The predicted molar refractivity (Wildman–Crippen MR) is 80.3 cm³/mol.